The minimum absolute atomic E-state index is 0.402. The number of hydrogen-bond donors (Lipinski definition) is 3. The highest BCUT2D eigenvalue weighted by Crippen LogP contribution is 2.19. The summed E-state index contributed by atoms with van der Waals surface area (Å²) in [5, 5.41) is 18.4. The molecule has 0 aromatic carbocycles. The first kappa shape index (κ1) is 16.0. The van der Waals surface area contributed by atoms with E-state index < -0.39 is 23.5 Å². The average Bonchev–Trinajstić information content (AvgIpc) is 2.70. The summed E-state index contributed by atoms with van der Waals surface area (Å²) in [5.41, 5.74) is 0.322. The number of amides is 2. The number of rotatable bonds is 5. The second-order valence-corrected chi connectivity index (χ2v) is 5.77. The van der Waals surface area contributed by atoms with Crippen LogP contribution in [-0.2, 0) is 18.3 Å². The van der Waals surface area contributed by atoms with Crippen molar-refractivity contribution in [1.82, 2.24) is 20.4 Å². The number of aromatic nitrogens is 2. The second-order valence-electron chi connectivity index (χ2n) is 5.77. The highest BCUT2D eigenvalue weighted by molar-refractivity contribution is 5.83. The Bertz CT molecular complexity index is 476. The first-order valence-corrected chi connectivity index (χ1v) is 6.46. The third kappa shape index (κ3) is 4.91. The fourth-order valence-electron chi connectivity index (χ4n) is 1.73. The molecule has 1 aromatic heterocycles. The van der Waals surface area contributed by atoms with Crippen molar-refractivity contribution in [3.05, 3.63) is 18.0 Å². The molecule has 1 rings (SSSR count). The van der Waals surface area contributed by atoms with Crippen LogP contribution in [0.1, 0.15) is 26.5 Å². The van der Waals surface area contributed by atoms with Crippen LogP contribution in [0.25, 0.3) is 0 Å². The molecule has 0 saturated carbocycles. The second kappa shape index (κ2) is 6.40. The lowest BCUT2D eigenvalue weighted by Gasteiger charge is -2.27. The van der Waals surface area contributed by atoms with Gasteiger partial charge >= 0.3 is 12.0 Å². The molecule has 3 N–H and O–H groups in total. The Morgan fingerprint density at radius 2 is 2.10 bits per heavy atom. The molecule has 0 saturated heterocycles. The summed E-state index contributed by atoms with van der Waals surface area (Å²) >= 11 is 0. The number of hydrogen-bond acceptors (Lipinski definition) is 3. The Morgan fingerprint density at radius 1 is 1.45 bits per heavy atom. The molecule has 2 amide bonds. The minimum Gasteiger partial charge on any atom is -0.480 e. The Kier molecular flexibility index (Phi) is 5.12. The standard InChI is InChI=1S/C13H22N4O3/c1-13(2,3)10(11(18)19)15-12(20)14-7-5-9-6-8-17(4)16-9/h6,8,10H,5,7H2,1-4H3,(H,18,19)(H2,14,15,20). The predicted octanol–water partition coefficient (Wildman–Crippen LogP) is 0.761. The Morgan fingerprint density at radius 3 is 2.55 bits per heavy atom. The number of aliphatic carboxylic acids is 1. The average molecular weight is 282 g/mol. The Labute approximate surface area is 118 Å². The lowest BCUT2D eigenvalue weighted by atomic mass is 9.87. The summed E-state index contributed by atoms with van der Waals surface area (Å²) in [5.74, 6) is -1.04. The van der Waals surface area contributed by atoms with Gasteiger partial charge in [0.15, 0.2) is 0 Å². The molecule has 0 aliphatic carbocycles. The molecule has 1 atom stereocenters. The first-order valence-electron chi connectivity index (χ1n) is 6.46. The zero-order valence-electron chi connectivity index (χ0n) is 12.3. The molecule has 0 aliphatic rings. The molecule has 7 heteroatoms. The molecule has 20 heavy (non-hydrogen) atoms. The van der Waals surface area contributed by atoms with E-state index in [1.807, 2.05) is 19.3 Å². The van der Waals surface area contributed by atoms with Crippen molar-refractivity contribution in [1.29, 1.82) is 0 Å². The lowest BCUT2D eigenvalue weighted by molar-refractivity contribution is -0.141. The summed E-state index contributed by atoms with van der Waals surface area (Å²) < 4.78 is 1.69. The highest BCUT2D eigenvalue weighted by Gasteiger charge is 2.32. The van der Waals surface area contributed by atoms with Crippen LogP contribution in [-0.4, -0.2) is 39.5 Å². The number of nitrogens with one attached hydrogen (secondary N) is 2. The SMILES string of the molecule is Cn1ccc(CCNC(=O)NC(C(=O)O)C(C)(C)C)n1. The fourth-order valence-corrected chi connectivity index (χ4v) is 1.73. The summed E-state index contributed by atoms with van der Waals surface area (Å²) in [4.78, 5) is 22.8. The summed E-state index contributed by atoms with van der Waals surface area (Å²) in [6.45, 7) is 5.69. The van der Waals surface area contributed by atoms with Gasteiger partial charge in [-0.3, -0.25) is 4.68 Å². The zero-order valence-corrected chi connectivity index (χ0v) is 12.3. The molecular weight excluding hydrogens is 260 g/mol. The van der Waals surface area contributed by atoms with E-state index >= 15 is 0 Å². The lowest BCUT2D eigenvalue weighted by Crippen LogP contribution is -2.52. The first-order chi connectivity index (χ1) is 9.20. The largest absolute Gasteiger partial charge is 0.480 e. The van der Waals surface area contributed by atoms with Crippen molar-refractivity contribution < 1.29 is 14.7 Å². The maximum absolute atomic E-state index is 11.7. The van der Waals surface area contributed by atoms with Gasteiger partial charge in [-0.15, -0.1) is 0 Å². The summed E-state index contributed by atoms with van der Waals surface area (Å²) in [6.07, 6.45) is 2.43. The van der Waals surface area contributed by atoms with Crippen molar-refractivity contribution in [3.8, 4) is 0 Å². The molecule has 0 bridgehead atoms. The number of urea groups is 1. The van der Waals surface area contributed by atoms with E-state index in [2.05, 4.69) is 15.7 Å². The predicted molar refractivity (Wildman–Crippen MR) is 74.3 cm³/mol. The smallest absolute Gasteiger partial charge is 0.326 e. The molecule has 0 spiro atoms. The van der Waals surface area contributed by atoms with Crippen LogP contribution in [0.2, 0.25) is 0 Å². The van der Waals surface area contributed by atoms with Gasteiger partial charge in [0.1, 0.15) is 6.04 Å². The number of carboxylic acid groups (broad SMARTS) is 1. The van der Waals surface area contributed by atoms with E-state index in [0.29, 0.717) is 13.0 Å². The van der Waals surface area contributed by atoms with E-state index in [0.717, 1.165) is 5.69 Å². The molecule has 1 aromatic rings. The van der Waals surface area contributed by atoms with Crippen molar-refractivity contribution in [3.63, 3.8) is 0 Å². The maximum atomic E-state index is 11.7. The van der Waals surface area contributed by atoms with Gasteiger partial charge < -0.3 is 15.7 Å². The van der Waals surface area contributed by atoms with Gasteiger partial charge in [-0.05, 0) is 11.5 Å². The summed E-state index contributed by atoms with van der Waals surface area (Å²) in [7, 11) is 1.82. The maximum Gasteiger partial charge on any atom is 0.326 e. The van der Waals surface area contributed by atoms with Crippen LogP contribution in [0.4, 0.5) is 4.79 Å². The van der Waals surface area contributed by atoms with Crippen molar-refractivity contribution in [2.24, 2.45) is 12.5 Å². The summed E-state index contributed by atoms with van der Waals surface area (Å²) in [6, 6.07) is 0.454. The van der Waals surface area contributed by atoms with Crippen molar-refractivity contribution in [2.45, 2.75) is 33.2 Å². The van der Waals surface area contributed by atoms with Gasteiger partial charge in [0.2, 0.25) is 0 Å². The molecule has 0 fully saturated rings. The van der Waals surface area contributed by atoms with Crippen LogP contribution in [0.5, 0.6) is 0 Å². The van der Waals surface area contributed by atoms with Gasteiger partial charge in [-0.2, -0.15) is 5.10 Å². The monoisotopic (exact) mass is 282 g/mol. The Balaban J connectivity index is 2.41. The molecule has 0 radical (unpaired) electrons. The van der Waals surface area contributed by atoms with Gasteiger partial charge in [0.05, 0.1) is 5.69 Å². The van der Waals surface area contributed by atoms with Crippen LogP contribution >= 0.6 is 0 Å². The van der Waals surface area contributed by atoms with Gasteiger partial charge in [-0.25, -0.2) is 9.59 Å². The number of carbonyl (C=O) groups excluding carboxylic acids is 1. The van der Waals surface area contributed by atoms with Gasteiger partial charge in [0, 0.05) is 26.2 Å². The van der Waals surface area contributed by atoms with E-state index in [9.17, 15) is 9.59 Å². The number of nitrogens with zero attached hydrogens (tertiary/aromatic N) is 2. The van der Waals surface area contributed by atoms with Crippen molar-refractivity contribution >= 4 is 12.0 Å². The number of carboxylic acids is 1. The van der Waals surface area contributed by atoms with Gasteiger partial charge in [-0.1, -0.05) is 20.8 Å². The van der Waals surface area contributed by atoms with E-state index in [-0.39, 0.29) is 0 Å². The highest BCUT2D eigenvalue weighted by atomic mass is 16.4. The fraction of sp³-hybridized carbons (Fsp3) is 0.615. The van der Waals surface area contributed by atoms with Crippen molar-refractivity contribution in [2.75, 3.05) is 6.54 Å². The molecular formula is C13H22N4O3. The molecule has 7 nitrogen and oxygen atoms in total. The minimum atomic E-state index is -1.04. The third-order valence-electron chi connectivity index (χ3n) is 2.82. The van der Waals surface area contributed by atoms with E-state index in [1.165, 1.54) is 0 Å². The quantitative estimate of drug-likeness (QED) is 0.743. The number of carbonyl (C=O) groups is 2. The molecule has 0 aliphatic heterocycles. The van der Waals surface area contributed by atoms with E-state index in [4.69, 9.17) is 5.11 Å². The van der Waals surface area contributed by atoms with E-state index in [1.54, 1.807) is 25.5 Å². The normalized spacial score (nSPS) is 12.8. The van der Waals surface area contributed by atoms with Crippen LogP contribution in [0.3, 0.4) is 0 Å². The Hall–Kier alpha value is -2.05. The number of aryl methyl sites for hydroxylation is 1. The third-order valence-corrected chi connectivity index (χ3v) is 2.82. The van der Waals surface area contributed by atoms with Crippen LogP contribution < -0.4 is 10.6 Å². The zero-order chi connectivity index (χ0) is 15.3. The van der Waals surface area contributed by atoms with Gasteiger partial charge in [0.25, 0.3) is 0 Å². The molecule has 1 unspecified atom stereocenters. The topological polar surface area (TPSA) is 96.2 Å². The molecule has 112 valence electrons. The molecule has 1 heterocycles. The van der Waals surface area contributed by atoms with Crippen LogP contribution in [0.15, 0.2) is 12.3 Å². The van der Waals surface area contributed by atoms with Crippen LogP contribution in [0, 0.1) is 5.41 Å².